The Morgan fingerprint density at radius 2 is 0.875 bits per heavy atom. The zero-order chi connectivity index (χ0) is 18.0. The van der Waals surface area contributed by atoms with Crippen molar-refractivity contribution >= 4 is 77.7 Å². The molecule has 136 valence electrons. The Labute approximate surface area is 172 Å². The van der Waals surface area contributed by atoms with Crippen LogP contribution in [0.25, 0.3) is 0 Å². The number of fused-ring (bicyclic) bond motifs is 1. The SMILES string of the molecule is CC(C)SC1=S=C(SC(C)C)c2c(SC(C)C)sc(SC(C)C)c21. The van der Waals surface area contributed by atoms with Crippen LogP contribution in [0.3, 0.4) is 0 Å². The van der Waals surface area contributed by atoms with Gasteiger partial charge in [0.05, 0.1) is 16.8 Å². The summed E-state index contributed by atoms with van der Waals surface area (Å²) in [5, 5.41) is 2.51. The molecule has 0 spiro atoms. The second kappa shape index (κ2) is 9.32. The van der Waals surface area contributed by atoms with Crippen molar-refractivity contribution in [1.82, 2.24) is 0 Å². The molecule has 0 amide bonds. The second-order valence-electron chi connectivity index (χ2n) is 6.77. The number of hydrogen-bond acceptors (Lipinski definition) is 5. The fraction of sp³-hybridized carbons (Fsp3) is 0.667. The quantitative estimate of drug-likeness (QED) is 0.330. The third-order valence-electron chi connectivity index (χ3n) is 2.81. The molecule has 0 bridgehead atoms. The van der Waals surface area contributed by atoms with Crippen LogP contribution >= 0.6 is 69.3 Å². The van der Waals surface area contributed by atoms with Crippen LogP contribution in [0, 0.1) is 0 Å². The summed E-state index contributed by atoms with van der Waals surface area (Å²) in [4.78, 5) is 0. The van der Waals surface area contributed by atoms with E-state index in [0.29, 0.717) is 21.0 Å². The average Bonchev–Trinajstić information content (AvgIpc) is 2.88. The van der Waals surface area contributed by atoms with Crippen LogP contribution in [0.2, 0.25) is 0 Å². The molecule has 0 saturated heterocycles. The normalized spacial score (nSPS) is 14.5. The Morgan fingerprint density at radius 1 is 0.542 bits per heavy atom. The second-order valence-corrected chi connectivity index (χ2v) is 16.2. The Morgan fingerprint density at radius 3 is 1.17 bits per heavy atom. The van der Waals surface area contributed by atoms with Crippen molar-refractivity contribution in [3.05, 3.63) is 11.1 Å². The Bertz CT molecular complexity index is 594. The van der Waals surface area contributed by atoms with Gasteiger partial charge in [-0.1, -0.05) is 55.4 Å². The van der Waals surface area contributed by atoms with E-state index in [-0.39, 0.29) is 0 Å². The van der Waals surface area contributed by atoms with E-state index in [1.54, 1.807) is 11.1 Å². The predicted molar refractivity (Wildman–Crippen MR) is 128 cm³/mol. The third-order valence-corrected chi connectivity index (χ3v) is 10.1. The molecule has 6 heteroatoms. The van der Waals surface area contributed by atoms with Gasteiger partial charge in [0.1, 0.15) is 0 Å². The molecular formula is C18H28S6. The molecular weight excluding hydrogens is 409 g/mol. The lowest BCUT2D eigenvalue weighted by molar-refractivity contribution is 1.11. The lowest BCUT2D eigenvalue weighted by Gasteiger charge is -2.10. The highest BCUT2D eigenvalue weighted by Gasteiger charge is 2.30. The van der Waals surface area contributed by atoms with Crippen molar-refractivity contribution in [2.24, 2.45) is 0 Å². The highest BCUT2D eigenvalue weighted by Crippen LogP contribution is 2.50. The van der Waals surface area contributed by atoms with Crippen LogP contribution in [-0.2, 0) is 0 Å². The summed E-state index contributed by atoms with van der Waals surface area (Å²) in [6.07, 6.45) is 0. The van der Waals surface area contributed by atoms with Crippen molar-refractivity contribution in [2.75, 3.05) is 0 Å². The zero-order valence-electron chi connectivity index (χ0n) is 15.8. The van der Waals surface area contributed by atoms with E-state index < -0.39 is 0 Å². The third kappa shape index (κ3) is 5.53. The van der Waals surface area contributed by atoms with Gasteiger partial charge >= 0.3 is 0 Å². The maximum atomic E-state index is 2.30. The van der Waals surface area contributed by atoms with Crippen molar-refractivity contribution in [2.45, 2.75) is 84.8 Å². The first-order valence-electron chi connectivity index (χ1n) is 8.44. The summed E-state index contributed by atoms with van der Waals surface area (Å²) in [7, 11) is 2.02. The summed E-state index contributed by atoms with van der Waals surface area (Å²) >= 11 is 10.2. The molecule has 1 aliphatic heterocycles. The van der Waals surface area contributed by atoms with Gasteiger partial charge in [-0.2, -0.15) is 0 Å². The number of hydrogen-bond donors (Lipinski definition) is 0. The van der Waals surface area contributed by atoms with Crippen molar-refractivity contribution in [1.29, 1.82) is 0 Å². The van der Waals surface area contributed by atoms with Gasteiger partial charge in [0.2, 0.25) is 0 Å². The molecule has 24 heavy (non-hydrogen) atoms. The molecule has 0 saturated carbocycles. The smallest absolute Gasteiger partial charge is 0.0712 e. The minimum absolute atomic E-state index is 0.627. The summed E-state index contributed by atoms with van der Waals surface area (Å²) in [5.74, 6) is 0. The maximum absolute atomic E-state index is 2.30. The van der Waals surface area contributed by atoms with Crippen LogP contribution < -0.4 is 0 Å². The Kier molecular flexibility index (Phi) is 8.29. The minimum atomic E-state index is 0.627. The van der Waals surface area contributed by atoms with Crippen LogP contribution in [0.1, 0.15) is 66.5 Å². The molecule has 0 nitrogen and oxygen atoms in total. The first-order chi connectivity index (χ1) is 11.2. The molecule has 1 aromatic heterocycles. The zero-order valence-corrected chi connectivity index (χ0v) is 20.7. The van der Waals surface area contributed by atoms with Gasteiger partial charge in [0.15, 0.2) is 0 Å². The van der Waals surface area contributed by atoms with E-state index in [0.717, 1.165) is 0 Å². The molecule has 0 aliphatic carbocycles. The lowest BCUT2D eigenvalue weighted by atomic mass is 10.2. The van der Waals surface area contributed by atoms with E-state index in [2.05, 4.69) is 55.4 Å². The van der Waals surface area contributed by atoms with Crippen LogP contribution in [0.4, 0.5) is 0 Å². The summed E-state index contributed by atoms with van der Waals surface area (Å²) in [6, 6.07) is 0. The van der Waals surface area contributed by atoms with Crippen LogP contribution in [-0.4, -0.2) is 29.4 Å². The molecule has 1 aromatic rings. The first kappa shape index (κ1) is 21.4. The molecule has 0 fully saturated rings. The highest BCUT2D eigenvalue weighted by atomic mass is 32.2. The van der Waals surface area contributed by atoms with Gasteiger partial charge in [-0.25, -0.2) is 0 Å². The molecule has 2 rings (SSSR count). The standard InChI is InChI=1S/C18H28S6/c1-9(2)19-15-13-14(17(23-15)21-11(5)6)18(22-12(7)8)24-16(13)20-10(3)4/h9-12H,1-8H3. The van der Waals surface area contributed by atoms with Crippen LogP contribution in [0.5, 0.6) is 0 Å². The summed E-state index contributed by atoms with van der Waals surface area (Å²) < 4.78 is 6.10. The van der Waals surface area contributed by atoms with E-state index in [4.69, 9.17) is 0 Å². The van der Waals surface area contributed by atoms with E-state index >= 15 is 0 Å². The average molecular weight is 437 g/mol. The monoisotopic (exact) mass is 436 g/mol. The molecule has 0 N–H and O–H groups in total. The van der Waals surface area contributed by atoms with Gasteiger partial charge in [-0.05, 0) is 0 Å². The first-order valence-corrected chi connectivity index (χ1v) is 13.6. The molecule has 0 atom stereocenters. The number of rotatable bonds is 6. The van der Waals surface area contributed by atoms with Gasteiger partial charge in [0, 0.05) is 32.1 Å². The summed E-state index contributed by atoms with van der Waals surface area (Å²) in [6.45, 7) is 18.4. The Hall–Kier alpha value is 1.06. The van der Waals surface area contributed by atoms with Crippen molar-refractivity contribution in [3.63, 3.8) is 0 Å². The summed E-state index contributed by atoms with van der Waals surface area (Å²) in [5.41, 5.74) is 3.10. The van der Waals surface area contributed by atoms with E-state index in [9.17, 15) is 0 Å². The maximum Gasteiger partial charge on any atom is 0.0712 e. The minimum Gasteiger partial charge on any atom is -0.121 e. The molecule has 0 unspecified atom stereocenters. The largest absolute Gasteiger partial charge is 0.121 e. The number of thiophene rings is 1. The van der Waals surface area contributed by atoms with Crippen LogP contribution in [0.15, 0.2) is 8.42 Å². The van der Waals surface area contributed by atoms with Crippen molar-refractivity contribution in [3.8, 4) is 0 Å². The molecule has 1 aliphatic rings. The lowest BCUT2D eigenvalue weighted by Crippen LogP contribution is -2.02. The Balaban J connectivity index is 2.54. The van der Waals surface area contributed by atoms with E-state index in [1.807, 2.05) is 69.3 Å². The topological polar surface area (TPSA) is 0 Å². The molecule has 2 heterocycles. The number of thioether (sulfide) groups is 4. The van der Waals surface area contributed by atoms with Crippen molar-refractivity contribution < 1.29 is 0 Å². The van der Waals surface area contributed by atoms with E-state index in [1.165, 1.54) is 16.8 Å². The van der Waals surface area contributed by atoms with Gasteiger partial charge in [0.25, 0.3) is 0 Å². The molecule has 0 aromatic carbocycles. The van der Waals surface area contributed by atoms with Gasteiger partial charge in [-0.3, -0.25) is 0 Å². The van der Waals surface area contributed by atoms with Gasteiger partial charge < -0.3 is 0 Å². The van der Waals surface area contributed by atoms with Gasteiger partial charge in [-0.15, -0.1) is 69.3 Å². The predicted octanol–water partition coefficient (Wildman–Crippen LogP) is 7.74. The fourth-order valence-electron chi connectivity index (χ4n) is 2.14. The molecule has 0 radical (unpaired) electrons. The fourth-order valence-corrected chi connectivity index (χ4v) is 11.6. The highest BCUT2D eigenvalue weighted by molar-refractivity contribution is 8.35.